The summed E-state index contributed by atoms with van der Waals surface area (Å²) in [6.45, 7) is 2.48. The second-order valence-corrected chi connectivity index (χ2v) is 5.82. The number of nitrogens with zero attached hydrogens (tertiary/aromatic N) is 1. The monoisotopic (exact) mass is 282 g/mol. The van der Waals surface area contributed by atoms with Gasteiger partial charge in [0.1, 0.15) is 0 Å². The van der Waals surface area contributed by atoms with Gasteiger partial charge in [0, 0.05) is 11.7 Å². The van der Waals surface area contributed by atoms with Crippen LogP contribution in [0.25, 0.3) is 0 Å². The zero-order valence-corrected chi connectivity index (χ0v) is 11.1. The molecule has 0 spiro atoms. The fraction of sp³-hybridized carbons (Fsp3) is 0.273. The Kier molecular flexibility index (Phi) is 3.54. The molecular formula is C11H14N4O3S. The van der Waals surface area contributed by atoms with Gasteiger partial charge in [0.2, 0.25) is 10.0 Å². The summed E-state index contributed by atoms with van der Waals surface area (Å²) >= 11 is 0. The number of carbonyl (C=O) groups excluding carboxylic acids is 1. The van der Waals surface area contributed by atoms with Gasteiger partial charge in [-0.3, -0.25) is 9.79 Å². The van der Waals surface area contributed by atoms with Gasteiger partial charge in [0.15, 0.2) is 5.84 Å². The average molecular weight is 282 g/mol. The SMILES string of the molecule is CC1CN=C(C(=O)Nc2ccc(S(N)(=O)=O)cc2)N1. The van der Waals surface area contributed by atoms with Gasteiger partial charge in [-0.2, -0.15) is 0 Å². The van der Waals surface area contributed by atoms with Crippen molar-refractivity contribution < 1.29 is 13.2 Å². The molecule has 1 amide bonds. The minimum atomic E-state index is -3.72. The van der Waals surface area contributed by atoms with Crippen LogP contribution < -0.4 is 15.8 Å². The molecule has 1 aliphatic heterocycles. The molecule has 0 bridgehead atoms. The first-order valence-corrected chi connectivity index (χ1v) is 7.16. The summed E-state index contributed by atoms with van der Waals surface area (Å²) in [6.07, 6.45) is 0. The molecule has 8 heteroatoms. The summed E-state index contributed by atoms with van der Waals surface area (Å²) in [7, 11) is -3.72. The fourth-order valence-electron chi connectivity index (χ4n) is 1.61. The number of hydrogen-bond donors (Lipinski definition) is 3. The predicted molar refractivity (Wildman–Crippen MR) is 71.3 cm³/mol. The molecule has 7 nitrogen and oxygen atoms in total. The zero-order chi connectivity index (χ0) is 14.0. The summed E-state index contributed by atoms with van der Waals surface area (Å²) in [5.41, 5.74) is 0.474. The topological polar surface area (TPSA) is 114 Å². The largest absolute Gasteiger partial charge is 0.361 e. The highest BCUT2D eigenvalue weighted by Gasteiger charge is 2.19. The van der Waals surface area contributed by atoms with Crippen LogP contribution in [0.1, 0.15) is 6.92 Å². The van der Waals surface area contributed by atoms with E-state index in [0.29, 0.717) is 12.2 Å². The molecule has 0 saturated carbocycles. The molecule has 19 heavy (non-hydrogen) atoms. The van der Waals surface area contributed by atoms with E-state index in [0.717, 1.165) is 0 Å². The van der Waals surface area contributed by atoms with Crippen molar-refractivity contribution in [3.8, 4) is 0 Å². The zero-order valence-electron chi connectivity index (χ0n) is 10.3. The van der Waals surface area contributed by atoms with Gasteiger partial charge in [0.25, 0.3) is 5.91 Å². The van der Waals surface area contributed by atoms with Crippen molar-refractivity contribution in [2.45, 2.75) is 17.9 Å². The van der Waals surface area contributed by atoms with E-state index < -0.39 is 10.0 Å². The lowest BCUT2D eigenvalue weighted by Gasteiger charge is -2.07. The first-order chi connectivity index (χ1) is 8.86. The predicted octanol–water partition coefficient (Wildman–Crippen LogP) is -0.337. The number of sulfonamides is 1. The summed E-state index contributed by atoms with van der Waals surface area (Å²) in [6, 6.07) is 5.74. The molecule has 1 aromatic rings. The number of hydrogen-bond acceptors (Lipinski definition) is 5. The summed E-state index contributed by atoms with van der Waals surface area (Å²) in [5.74, 6) is -0.0734. The van der Waals surface area contributed by atoms with Gasteiger partial charge in [-0.15, -0.1) is 0 Å². The number of amidine groups is 1. The summed E-state index contributed by atoms with van der Waals surface area (Å²) in [4.78, 5) is 15.8. The maximum Gasteiger partial charge on any atom is 0.290 e. The van der Waals surface area contributed by atoms with Crippen LogP contribution in [0.2, 0.25) is 0 Å². The molecule has 0 aliphatic carbocycles. The van der Waals surface area contributed by atoms with Gasteiger partial charge in [0.05, 0.1) is 11.4 Å². The molecule has 0 fully saturated rings. The van der Waals surface area contributed by atoms with Crippen LogP contribution in [0, 0.1) is 0 Å². The Morgan fingerprint density at radius 3 is 2.53 bits per heavy atom. The molecule has 0 aromatic heterocycles. The highest BCUT2D eigenvalue weighted by molar-refractivity contribution is 7.89. The Morgan fingerprint density at radius 2 is 2.05 bits per heavy atom. The molecule has 102 valence electrons. The van der Waals surface area contributed by atoms with Crippen LogP contribution in [0.3, 0.4) is 0 Å². The van der Waals surface area contributed by atoms with Crippen molar-refractivity contribution in [3.63, 3.8) is 0 Å². The number of amides is 1. The lowest BCUT2D eigenvalue weighted by Crippen LogP contribution is -2.36. The highest BCUT2D eigenvalue weighted by atomic mass is 32.2. The molecule has 1 aliphatic rings. The molecular weight excluding hydrogens is 268 g/mol. The lowest BCUT2D eigenvalue weighted by molar-refractivity contribution is -0.110. The van der Waals surface area contributed by atoms with Gasteiger partial charge in [-0.25, -0.2) is 13.6 Å². The third kappa shape index (κ3) is 3.30. The highest BCUT2D eigenvalue weighted by Crippen LogP contribution is 2.12. The molecule has 0 saturated heterocycles. The van der Waals surface area contributed by atoms with E-state index in [1.165, 1.54) is 24.3 Å². The quantitative estimate of drug-likeness (QED) is 0.704. The van der Waals surface area contributed by atoms with Crippen LogP contribution in [0.4, 0.5) is 5.69 Å². The van der Waals surface area contributed by atoms with Crippen LogP contribution >= 0.6 is 0 Å². The minimum Gasteiger partial charge on any atom is -0.361 e. The first-order valence-electron chi connectivity index (χ1n) is 5.61. The molecule has 1 heterocycles. The Labute approximate surface area is 111 Å². The van der Waals surface area contributed by atoms with E-state index in [-0.39, 0.29) is 22.7 Å². The number of carbonyl (C=O) groups is 1. The number of anilines is 1. The normalized spacial score (nSPS) is 18.6. The van der Waals surface area contributed by atoms with Crippen LogP contribution in [-0.4, -0.2) is 32.7 Å². The number of nitrogens with two attached hydrogens (primary N) is 1. The van der Waals surface area contributed by atoms with Crippen molar-refractivity contribution in [3.05, 3.63) is 24.3 Å². The van der Waals surface area contributed by atoms with Crippen LogP contribution in [0.15, 0.2) is 34.2 Å². The number of primary sulfonamides is 1. The molecule has 4 N–H and O–H groups in total. The van der Waals surface area contributed by atoms with E-state index in [2.05, 4.69) is 15.6 Å². The van der Waals surface area contributed by atoms with E-state index in [9.17, 15) is 13.2 Å². The molecule has 1 atom stereocenters. The molecule has 1 unspecified atom stereocenters. The Balaban J connectivity index is 2.06. The molecule has 0 radical (unpaired) electrons. The van der Waals surface area contributed by atoms with Crippen molar-refractivity contribution in [2.24, 2.45) is 10.1 Å². The second-order valence-electron chi connectivity index (χ2n) is 4.26. The van der Waals surface area contributed by atoms with E-state index in [4.69, 9.17) is 5.14 Å². The third-order valence-electron chi connectivity index (χ3n) is 2.56. The Hall–Kier alpha value is -1.93. The number of nitrogens with one attached hydrogen (secondary N) is 2. The first kappa shape index (κ1) is 13.5. The van der Waals surface area contributed by atoms with Crippen molar-refractivity contribution >= 4 is 27.5 Å². The second kappa shape index (κ2) is 4.98. The van der Waals surface area contributed by atoms with Gasteiger partial charge >= 0.3 is 0 Å². The van der Waals surface area contributed by atoms with E-state index >= 15 is 0 Å². The minimum absolute atomic E-state index is 0.00421. The maximum absolute atomic E-state index is 11.8. The van der Waals surface area contributed by atoms with Gasteiger partial charge in [-0.1, -0.05) is 0 Å². The van der Waals surface area contributed by atoms with Crippen molar-refractivity contribution in [2.75, 3.05) is 11.9 Å². The third-order valence-corrected chi connectivity index (χ3v) is 3.49. The number of benzene rings is 1. The van der Waals surface area contributed by atoms with E-state index in [1.54, 1.807) is 0 Å². The van der Waals surface area contributed by atoms with E-state index in [1.807, 2.05) is 6.92 Å². The summed E-state index contributed by atoms with van der Waals surface area (Å²) < 4.78 is 22.1. The standard InChI is InChI=1S/C11H14N4O3S/c1-7-6-13-10(14-7)11(16)15-8-2-4-9(5-3-8)19(12,17)18/h2-5,7H,6H2,1H3,(H,13,14)(H,15,16)(H2,12,17,18). The Bertz CT molecular complexity index is 622. The van der Waals surface area contributed by atoms with Gasteiger partial charge < -0.3 is 10.6 Å². The maximum atomic E-state index is 11.8. The molecule has 2 rings (SSSR count). The summed E-state index contributed by atoms with van der Waals surface area (Å²) in [5, 5.41) is 10.5. The Morgan fingerprint density at radius 1 is 1.42 bits per heavy atom. The van der Waals surface area contributed by atoms with Crippen molar-refractivity contribution in [1.82, 2.24) is 5.32 Å². The van der Waals surface area contributed by atoms with Crippen molar-refractivity contribution in [1.29, 1.82) is 0 Å². The smallest absolute Gasteiger partial charge is 0.290 e. The van der Waals surface area contributed by atoms with Gasteiger partial charge in [-0.05, 0) is 31.2 Å². The number of aliphatic imine (C=N–C) groups is 1. The van der Waals surface area contributed by atoms with Crippen LogP contribution in [0.5, 0.6) is 0 Å². The molecule has 1 aromatic carbocycles. The van der Waals surface area contributed by atoms with Crippen LogP contribution in [-0.2, 0) is 14.8 Å². The number of rotatable bonds is 3. The fourth-order valence-corrected chi connectivity index (χ4v) is 2.12. The lowest BCUT2D eigenvalue weighted by atomic mass is 10.3. The average Bonchev–Trinajstić information content (AvgIpc) is 2.75.